The highest BCUT2D eigenvalue weighted by atomic mass is 16.1. The second-order valence-electron chi connectivity index (χ2n) is 5.65. The molecule has 1 saturated carbocycles. The lowest BCUT2D eigenvalue weighted by atomic mass is 9.94. The van der Waals surface area contributed by atoms with Gasteiger partial charge in [-0.3, -0.25) is 4.79 Å². The molecule has 0 spiro atoms. The van der Waals surface area contributed by atoms with E-state index in [1.54, 1.807) is 0 Å². The molecular weight excluding hydrogens is 212 g/mol. The van der Waals surface area contributed by atoms with Gasteiger partial charge in [-0.05, 0) is 32.6 Å². The summed E-state index contributed by atoms with van der Waals surface area (Å²) in [5.74, 6) is 0.372. The van der Waals surface area contributed by atoms with Crippen molar-refractivity contribution < 1.29 is 4.79 Å². The Bertz CT molecular complexity index is 222. The van der Waals surface area contributed by atoms with Crippen molar-refractivity contribution in [3.63, 3.8) is 0 Å². The summed E-state index contributed by atoms with van der Waals surface area (Å²) in [6, 6.07) is 0.690. The predicted octanol–water partition coefficient (Wildman–Crippen LogP) is 2.59. The van der Waals surface area contributed by atoms with Gasteiger partial charge in [0, 0.05) is 18.0 Å². The van der Waals surface area contributed by atoms with Gasteiger partial charge >= 0.3 is 0 Å². The van der Waals surface area contributed by atoms with Crippen molar-refractivity contribution >= 4 is 5.91 Å². The Labute approximate surface area is 106 Å². The van der Waals surface area contributed by atoms with Crippen molar-refractivity contribution in [2.75, 3.05) is 0 Å². The topological polar surface area (TPSA) is 55.1 Å². The van der Waals surface area contributed by atoms with Gasteiger partial charge in [-0.25, -0.2) is 0 Å². The summed E-state index contributed by atoms with van der Waals surface area (Å²) in [5.41, 5.74) is 5.70. The Hall–Kier alpha value is -0.570. The number of amides is 1. The number of nitrogens with one attached hydrogen (secondary N) is 1. The molecule has 0 aromatic heterocycles. The van der Waals surface area contributed by atoms with Crippen LogP contribution < -0.4 is 11.1 Å². The molecule has 0 saturated heterocycles. The monoisotopic (exact) mass is 240 g/mol. The minimum atomic E-state index is 0.135. The van der Waals surface area contributed by atoms with Crippen molar-refractivity contribution in [1.82, 2.24) is 5.32 Å². The molecule has 100 valence electrons. The number of hydrogen-bond acceptors (Lipinski definition) is 2. The zero-order valence-corrected chi connectivity index (χ0v) is 11.4. The Balaban J connectivity index is 2.16. The average Bonchev–Trinajstić information content (AvgIpc) is 2.29. The second kappa shape index (κ2) is 7.70. The zero-order chi connectivity index (χ0) is 12.7. The average molecular weight is 240 g/mol. The molecule has 1 aliphatic rings. The summed E-state index contributed by atoms with van der Waals surface area (Å²) in [6.45, 7) is 4.05. The van der Waals surface area contributed by atoms with E-state index in [0.717, 1.165) is 32.1 Å². The Morgan fingerprint density at radius 2 is 1.88 bits per heavy atom. The standard InChI is InChI=1S/C14H28N2O/c1-11(7-6-8-12(2)15)14(17)16-13-9-4-3-5-10-13/h11-13H,3-10,15H2,1-2H3,(H,16,17). The van der Waals surface area contributed by atoms with Gasteiger partial charge in [0.25, 0.3) is 0 Å². The molecule has 3 N–H and O–H groups in total. The first-order valence-electron chi connectivity index (χ1n) is 7.15. The molecule has 0 aromatic carbocycles. The number of rotatable bonds is 6. The Morgan fingerprint density at radius 1 is 1.24 bits per heavy atom. The van der Waals surface area contributed by atoms with E-state index < -0.39 is 0 Å². The summed E-state index contributed by atoms with van der Waals surface area (Å²) in [5, 5.41) is 3.19. The maximum absolute atomic E-state index is 11.9. The van der Waals surface area contributed by atoms with E-state index in [0.29, 0.717) is 6.04 Å². The second-order valence-corrected chi connectivity index (χ2v) is 5.65. The van der Waals surface area contributed by atoms with Crippen LogP contribution in [0.4, 0.5) is 0 Å². The van der Waals surface area contributed by atoms with Crippen molar-refractivity contribution in [2.45, 2.75) is 77.3 Å². The largest absolute Gasteiger partial charge is 0.353 e. The highest BCUT2D eigenvalue weighted by Crippen LogP contribution is 2.18. The lowest BCUT2D eigenvalue weighted by Crippen LogP contribution is -2.39. The molecule has 1 amide bonds. The van der Waals surface area contributed by atoms with Gasteiger partial charge in [0.2, 0.25) is 5.91 Å². The number of carbonyl (C=O) groups excluding carboxylic acids is 1. The first-order chi connectivity index (χ1) is 8.09. The summed E-state index contributed by atoms with van der Waals surface area (Å²) >= 11 is 0. The quantitative estimate of drug-likeness (QED) is 0.750. The van der Waals surface area contributed by atoms with Gasteiger partial charge in [-0.1, -0.05) is 32.6 Å². The van der Waals surface area contributed by atoms with E-state index in [-0.39, 0.29) is 17.9 Å². The van der Waals surface area contributed by atoms with E-state index in [4.69, 9.17) is 5.73 Å². The summed E-state index contributed by atoms with van der Waals surface area (Å²) in [7, 11) is 0. The summed E-state index contributed by atoms with van der Waals surface area (Å²) in [6.07, 6.45) is 9.22. The van der Waals surface area contributed by atoms with E-state index in [1.165, 1.54) is 19.3 Å². The third kappa shape index (κ3) is 6.06. The lowest BCUT2D eigenvalue weighted by Gasteiger charge is -2.24. The van der Waals surface area contributed by atoms with Crippen LogP contribution in [-0.2, 0) is 4.79 Å². The van der Waals surface area contributed by atoms with Crippen LogP contribution >= 0.6 is 0 Å². The lowest BCUT2D eigenvalue weighted by molar-refractivity contribution is -0.125. The fourth-order valence-corrected chi connectivity index (χ4v) is 2.47. The summed E-state index contributed by atoms with van der Waals surface area (Å²) in [4.78, 5) is 11.9. The maximum atomic E-state index is 11.9. The SMILES string of the molecule is CC(N)CCCC(C)C(=O)NC1CCCCC1. The molecule has 0 heterocycles. The van der Waals surface area contributed by atoms with Crippen LogP contribution in [0.25, 0.3) is 0 Å². The minimum Gasteiger partial charge on any atom is -0.353 e. The molecule has 2 atom stereocenters. The molecule has 17 heavy (non-hydrogen) atoms. The van der Waals surface area contributed by atoms with E-state index >= 15 is 0 Å². The number of nitrogens with two attached hydrogens (primary N) is 1. The molecule has 1 fully saturated rings. The third-order valence-corrected chi connectivity index (χ3v) is 3.70. The predicted molar refractivity (Wildman–Crippen MR) is 71.7 cm³/mol. The van der Waals surface area contributed by atoms with Crippen LogP contribution in [0, 0.1) is 5.92 Å². The molecule has 3 nitrogen and oxygen atoms in total. The van der Waals surface area contributed by atoms with Crippen LogP contribution in [0.3, 0.4) is 0 Å². The first kappa shape index (κ1) is 14.5. The van der Waals surface area contributed by atoms with E-state index in [1.807, 2.05) is 13.8 Å². The fraction of sp³-hybridized carbons (Fsp3) is 0.929. The van der Waals surface area contributed by atoms with Gasteiger partial charge < -0.3 is 11.1 Å². The van der Waals surface area contributed by atoms with Gasteiger partial charge in [-0.15, -0.1) is 0 Å². The van der Waals surface area contributed by atoms with Crippen molar-refractivity contribution in [2.24, 2.45) is 11.7 Å². The van der Waals surface area contributed by atoms with Crippen molar-refractivity contribution in [3.8, 4) is 0 Å². The molecule has 2 unspecified atom stereocenters. The molecule has 0 aliphatic heterocycles. The van der Waals surface area contributed by atoms with Crippen molar-refractivity contribution in [1.29, 1.82) is 0 Å². The van der Waals surface area contributed by atoms with Gasteiger partial charge in [0.15, 0.2) is 0 Å². The van der Waals surface area contributed by atoms with Crippen LogP contribution in [-0.4, -0.2) is 18.0 Å². The Kier molecular flexibility index (Phi) is 6.56. The number of carbonyl (C=O) groups is 1. The molecule has 0 aromatic rings. The fourth-order valence-electron chi connectivity index (χ4n) is 2.47. The van der Waals surface area contributed by atoms with Crippen LogP contribution in [0.2, 0.25) is 0 Å². The van der Waals surface area contributed by atoms with Crippen LogP contribution in [0.15, 0.2) is 0 Å². The highest BCUT2D eigenvalue weighted by Gasteiger charge is 2.19. The first-order valence-corrected chi connectivity index (χ1v) is 7.15. The molecule has 1 rings (SSSR count). The molecule has 1 aliphatic carbocycles. The molecule has 3 heteroatoms. The Morgan fingerprint density at radius 3 is 2.47 bits per heavy atom. The van der Waals surface area contributed by atoms with Crippen LogP contribution in [0.1, 0.15) is 65.2 Å². The van der Waals surface area contributed by atoms with E-state index in [9.17, 15) is 4.79 Å². The number of hydrogen-bond donors (Lipinski definition) is 2. The van der Waals surface area contributed by atoms with Gasteiger partial charge in [0.05, 0.1) is 0 Å². The zero-order valence-electron chi connectivity index (χ0n) is 11.4. The minimum absolute atomic E-state index is 0.135. The van der Waals surface area contributed by atoms with Crippen LogP contribution in [0.5, 0.6) is 0 Å². The highest BCUT2D eigenvalue weighted by molar-refractivity contribution is 5.78. The summed E-state index contributed by atoms with van der Waals surface area (Å²) < 4.78 is 0. The molecular formula is C14H28N2O. The van der Waals surface area contributed by atoms with Gasteiger partial charge in [0.1, 0.15) is 0 Å². The van der Waals surface area contributed by atoms with Gasteiger partial charge in [-0.2, -0.15) is 0 Å². The molecule has 0 bridgehead atoms. The normalized spacial score (nSPS) is 20.9. The smallest absolute Gasteiger partial charge is 0.223 e. The van der Waals surface area contributed by atoms with Crippen molar-refractivity contribution in [3.05, 3.63) is 0 Å². The third-order valence-electron chi connectivity index (χ3n) is 3.70. The molecule has 0 radical (unpaired) electrons. The maximum Gasteiger partial charge on any atom is 0.223 e. The van der Waals surface area contributed by atoms with E-state index in [2.05, 4.69) is 5.32 Å².